The predicted octanol–water partition coefficient (Wildman–Crippen LogP) is 3.50. The van der Waals surface area contributed by atoms with E-state index in [2.05, 4.69) is 15.9 Å². The van der Waals surface area contributed by atoms with Crippen LogP contribution in [0.1, 0.15) is 17.3 Å². The van der Waals surface area contributed by atoms with Crippen molar-refractivity contribution in [2.75, 3.05) is 6.61 Å². The van der Waals surface area contributed by atoms with E-state index in [1.165, 1.54) is 22.8 Å². The minimum Gasteiger partial charge on any atom is -0.487 e. The van der Waals surface area contributed by atoms with Gasteiger partial charge in [0.05, 0.1) is 18.1 Å². The lowest BCUT2D eigenvalue weighted by atomic mass is 10.1. The average Bonchev–Trinajstić information content (AvgIpc) is 2.51. The number of nitro groups is 1. The van der Waals surface area contributed by atoms with Crippen molar-refractivity contribution in [1.29, 1.82) is 5.41 Å². The van der Waals surface area contributed by atoms with Crippen LogP contribution in [0, 0.1) is 15.5 Å². The van der Waals surface area contributed by atoms with Crippen LogP contribution in [-0.4, -0.2) is 21.9 Å². The molecule has 24 heavy (non-hydrogen) atoms. The summed E-state index contributed by atoms with van der Waals surface area (Å²) in [5.41, 5.74) is 0.122. The van der Waals surface area contributed by atoms with Crippen LogP contribution in [0.2, 0.25) is 0 Å². The predicted molar refractivity (Wildman–Crippen MR) is 96.9 cm³/mol. The Hall–Kier alpha value is -2.00. The number of pyridine rings is 1. The summed E-state index contributed by atoms with van der Waals surface area (Å²) in [5.74, 6) is -0.196. The molecule has 1 heterocycles. The third-order valence-electron chi connectivity index (χ3n) is 3.08. The first-order valence-corrected chi connectivity index (χ1v) is 7.56. The molecule has 0 bridgehead atoms. The Labute approximate surface area is 156 Å². The minimum atomic E-state index is -0.579. The van der Waals surface area contributed by atoms with E-state index in [0.717, 1.165) is 4.47 Å². The van der Waals surface area contributed by atoms with Gasteiger partial charge in [-0.2, -0.15) is 0 Å². The Kier molecular flexibility index (Phi) is 7.30. The SMILES string of the molecule is Br.CCOc1ccc(C(=O)Cn2cc(Br)ccc2=N)cc1[N+](=O)[O-]. The van der Waals surface area contributed by atoms with Crippen molar-refractivity contribution in [2.24, 2.45) is 0 Å². The van der Waals surface area contributed by atoms with Gasteiger partial charge in [0.2, 0.25) is 0 Å². The average molecular weight is 461 g/mol. The molecule has 0 aliphatic carbocycles. The Bertz CT molecular complexity index is 821. The van der Waals surface area contributed by atoms with Gasteiger partial charge in [0.1, 0.15) is 5.49 Å². The molecule has 0 aliphatic heterocycles. The highest BCUT2D eigenvalue weighted by Crippen LogP contribution is 2.28. The Balaban J connectivity index is 0.00000288. The Morgan fingerprint density at radius 3 is 2.71 bits per heavy atom. The van der Waals surface area contributed by atoms with Gasteiger partial charge in [0.15, 0.2) is 11.5 Å². The molecule has 0 amide bonds. The number of ketones is 1. The van der Waals surface area contributed by atoms with Crippen molar-refractivity contribution < 1.29 is 14.5 Å². The summed E-state index contributed by atoms with van der Waals surface area (Å²) >= 11 is 3.28. The summed E-state index contributed by atoms with van der Waals surface area (Å²) in [7, 11) is 0. The molecule has 1 aromatic heterocycles. The molecule has 0 saturated carbocycles. The molecule has 1 aromatic carbocycles. The van der Waals surface area contributed by atoms with Crippen LogP contribution in [0.4, 0.5) is 5.69 Å². The van der Waals surface area contributed by atoms with Gasteiger partial charge >= 0.3 is 5.69 Å². The number of carbonyl (C=O) groups excluding carboxylic acids is 1. The molecule has 0 radical (unpaired) electrons. The summed E-state index contributed by atoms with van der Waals surface area (Å²) < 4.78 is 7.38. The van der Waals surface area contributed by atoms with E-state index in [4.69, 9.17) is 10.1 Å². The number of nitro benzene ring substituents is 1. The van der Waals surface area contributed by atoms with E-state index in [9.17, 15) is 14.9 Å². The van der Waals surface area contributed by atoms with Crippen molar-refractivity contribution in [3.05, 3.63) is 62.2 Å². The van der Waals surface area contributed by atoms with Gasteiger partial charge in [0, 0.05) is 22.3 Å². The van der Waals surface area contributed by atoms with Crippen LogP contribution in [-0.2, 0) is 6.54 Å². The number of aromatic nitrogens is 1. The van der Waals surface area contributed by atoms with Crippen molar-refractivity contribution in [2.45, 2.75) is 13.5 Å². The molecular weight excluding hydrogens is 446 g/mol. The summed E-state index contributed by atoms with van der Waals surface area (Å²) in [6, 6.07) is 7.36. The zero-order chi connectivity index (χ0) is 17.0. The van der Waals surface area contributed by atoms with Gasteiger partial charge in [-0.25, -0.2) is 0 Å². The number of halogens is 2. The smallest absolute Gasteiger partial charge is 0.311 e. The maximum absolute atomic E-state index is 12.3. The molecule has 2 rings (SSSR count). The normalized spacial score (nSPS) is 9.92. The number of carbonyl (C=O) groups is 1. The third kappa shape index (κ3) is 4.75. The van der Waals surface area contributed by atoms with E-state index in [1.807, 2.05) is 0 Å². The number of ether oxygens (including phenoxy) is 1. The molecular formula is C15H15Br2N3O4. The highest BCUT2D eigenvalue weighted by molar-refractivity contribution is 9.10. The van der Waals surface area contributed by atoms with Crippen LogP contribution in [0.5, 0.6) is 5.75 Å². The second-order valence-corrected chi connectivity index (χ2v) is 5.57. The quantitative estimate of drug-likeness (QED) is 0.405. The van der Waals surface area contributed by atoms with Crippen molar-refractivity contribution in [1.82, 2.24) is 4.57 Å². The van der Waals surface area contributed by atoms with Crippen LogP contribution in [0.3, 0.4) is 0 Å². The highest BCUT2D eigenvalue weighted by atomic mass is 79.9. The van der Waals surface area contributed by atoms with Crippen LogP contribution in [0.25, 0.3) is 0 Å². The number of hydrogen-bond acceptors (Lipinski definition) is 5. The molecule has 7 nitrogen and oxygen atoms in total. The first-order chi connectivity index (χ1) is 10.9. The van der Waals surface area contributed by atoms with E-state index in [-0.39, 0.29) is 51.8 Å². The Morgan fingerprint density at radius 1 is 1.38 bits per heavy atom. The van der Waals surface area contributed by atoms with E-state index >= 15 is 0 Å². The largest absolute Gasteiger partial charge is 0.487 e. The highest BCUT2D eigenvalue weighted by Gasteiger charge is 2.18. The van der Waals surface area contributed by atoms with Crippen molar-refractivity contribution in [3.8, 4) is 5.75 Å². The zero-order valence-electron chi connectivity index (χ0n) is 12.7. The molecule has 2 aromatic rings. The van der Waals surface area contributed by atoms with Crippen molar-refractivity contribution in [3.63, 3.8) is 0 Å². The van der Waals surface area contributed by atoms with Crippen molar-refractivity contribution >= 4 is 44.4 Å². The van der Waals surface area contributed by atoms with Gasteiger partial charge in [0.25, 0.3) is 0 Å². The lowest BCUT2D eigenvalue weighted by molar-refractivity contribution is -0.385. The first-order valence-electron chi connectivity index (χ1n) is 6.77. The monoisotopic (exact) mass is 459 g/mol. The standard InChI is InChI=1S/C15H14BrN3O4.BrH/c1-2-23-14-5-3-10(7-12(14)19(21)22)13(20)9-18-8-11(16)4-6-15(18)17;/h3-8,17H,2,9H2,1H3;1H. The van der Waals surface area contributed by atoms with Crippen LogP contribution >= 0.6 is 32.9 Å². The molecule has 0 spiro atoms. The molecule has 0 saturated heterocycles. The molecule has 0 atom stereocenters. The maximum Gasteiger partial charge on any atom is 0.311 e. The van der Waals surface area contributed by atoms with E-state index in [0.29, 0.717) is 6.61 Å². The number of hydrogen-bond donors (Lipinski definition) is 1. The number of nitrogens with zero attached hydrogens (tertiary/aromatic N) is 2. The second-order valence-electron chi connectivity index (χ2n) is 4.66. The lowest BCUT2D eigenvalue weighted by Crippen LogP contribution is -2.23. The lowest BCUT2D eigenvalue weighted by Gasteiger charge is -2.08. The summed E-state index contributed by atoms with van der Waals surface area (Å²) in [6.45, 7) is 1.94. The van der Waals surface area contributed by atoms with Crippen LogP contribution in [0.15, 0.2) is 41.0 Å². The number of benzene rings is 1. The van der Waals surface area contributed by atoms with Gasteiger partial charge < -0.3 is 9.30 Å². The first kappa shape index (κ1) is 20.0. The third-order valence-corrected chi connectivity index (χ3v) is 3.55. The van der Waals surface area contributed by atoms with Gasteiger partial charge in [-0.3, -0.25) is 20.3 Å². The summed E-state index contributed by atoms with van der Waals surface area (Å²) in [4.78, 5) is 22.9. The van der Waals surface area contributed by atoms with Gasteiger partial charge in [-0.15, -0.1) is 17.0 Å². The van der Waals surface area contributed by atoms with Crippen LogP contribution < -0.4 is 10.2 Å². The zero-order valence-corrected chi connectivity index (χ0v) is 16.0. The fourth-order valence-corrected chi connectivity index (χ4v) is 2.38. The summed E-state index contributed by atoms with van der Waals surface area (Å²) in [5, 5.41) is 18.9. The molecule has 128 valence electrons. The molecule has 0 fully saturated rings. The van der Waals surface area contributed by atoms with Gasteiger partial charge in [-0.1, -0.05) is 0 Å². The topological polar surface area (TPSA) is 98.2 Å². The minimum absolute atomic E-state index is 0. The number of rotatable bonds is 6. The van der Waals surface area contributed by atoms with E-state index in [1.54, 1.807) is 25.3 Å². The number of Topliss-reactive ketones (excluding diaryl/α,β-unsaturated/α-hetero) is 1. The van der Waals surface area contributed by atoms with E-state index < -0.39 is 4.92 Å². The fraction of sp³-hybridized carbons (Fsp3) is 0.200. The summed E-state index contributed by atoms with van der Waals surface area (Å²) in [6.07, 6.45) is 1.61. The number of nitrogens with one attached hydrogen (secondary N) is 1. The second kappa shape index (κ2) is 8.74. The molecule has 1 N–H and O–H groups in total. The molecule has 0 unspecified atom stereocenters. The maximum atomic E-state index is 12.3. The molecule has 0 aliphatic rings. The van der Waals surface area contributed by atoms with Gasteiger partial charge in [-0.05, 0) is 47.1 Å². The fourth-order valence-electron chi connectivity index (χ4n) is 2.00. The Morgan fingerprint density at radius 2 is 2.08 bits per heavy atom. The molecule has 9 heteroatoms.